The molecule has 114 valence electrons. The largest absolute Gasteiger partial charge is 0.369 e. The van der Waals surface area contributed by atoms with Crippen LogP contribution in [0.2, 0.25) is 0 Å². The fraction of sp³-hybridized carbons (Fsp3) is 0.294. The molecule has 0 aliphatic rings. The third-order valence-electron chi connectivity index (χ3n) is 3.39. The Morgan fingerprint density at radius 2 is 1.73 bits per heavy atom. The van der Waals surface area contributed by atoms with Crippen molar-refractivity contribution < 1.29 is 4.39 Å². The number of aromatic nitrogens is 3. The van der Waals surface area contributed by atoms with Crippen LogP contribution in [-0.2, 0) is 6.54 Å². The second-order valence-corrected chi connectivity index (χ2v) is 6.66. The summed E-state index contributed by atoms with van der Waals surface area (Å²) in [6.45, 7) is 7.15. The van der Waals surface area contributed by atoms with Crippen LogP contribution in [0.15, 0.2) is 36.4 Å². The van der Waals surface area contributed by atoms with E-state index in [1.165, 1.54) is 12.1 Å². The van der Waals surface area contributed by atoms with Crippen molar-refractivity contribution >= 4 is 17.1 Å². The van der Waals surface area contributed by atoms with Crippen LogP contribution < -0.4 is 5.73 Å². The standard InChI is InChI=1S/C17H19FN4/c1-17(2,3)10-22-15-14(21-16(22)19)9-8-13(20-15)11-4-6-12(18)7-5-11/h4-9H,10H2,1-3H3,(H2,19,21). The SMILES string of the molecule is CC(C)(C)Cn1c(N)nc2ccc(-c3ccc(F)cc3)nc21. The number of halogens is 1. The Bertz CT molecular complexity index is 813. The zero-order valence-electron chi connectivity index (χ0n) is 13.0. The van der Waals surface area contributed by atoms with Gasteiger partial charge in [0.25, 0.3) is 0 Å². The van der Waals surface area contributed by atoms with Crippen LogP contribution >= 0.6 is 0 Å². The van der Waals surface area contributed by atoms with Gasteiger partial charge < -0.3 is 5.73 Å². The number of nitrogens with zero attached hydrogens (tertiary/aromatic N) is 3. The minimum absolute atomic E-state index is 0.0648. The molecule has 0 unspecified atom stereocenters. The van der Waals surface area contributed by atoms with Gasteiger partial charge in [0.2, 0.25) is 5.95 Å². The minimum atomic E-state index is -0.258. The third kappa shape index (κ3) is 2.79. The molecule has 0 amide bonds. The van der Waals surface area contributed by atoms with E-state index in [9.17, 15) is 4.39 Å². The molecular formula is C17H19FN4. The predicted octanol–water partition coefficient (Wildman–Crippen LogP) is 3.87. The molecule has 22 heavy (non-hydrogen) atoms. The van der Waals surface area contributed by atoms with Crippen molar-refractivity contribution in [2.24, 2.45) is 5.41 Å². The average Bonchev–Trinajstić information content (AvgIpc) is 2.74. The molecule has 0 spiro atoms. The van der Waals surface area contributed by atoms with Gasteiger partial charge in [-0.1, -0.05) is 20.8 Å². The third-order valence-corrected chi connectivity index (χ3v) is 3.39. The van der Waals surface area contributed by atoms with Crippen LogP contribution in [0.1, 0.15) is 20.8 Å². The lowest BCUT2D eigenvalue weighted by Crippen LogP contribution is -2.17. The molecule has 0 bridgehead atoms. The first-order valence-electron chi connectivity index (χ1n) is 7.22. The van der Waals surface area contributed by atoms with E-state index < -0.39 is 0 Å². The van der Waals surface area contributed by atoms with Gasteiger partial charge in [-0.25, -0.2) is 14.4 Å². The summed E-state index contributed by atoms with van der Waals surface area (Å²) in [5.41, 5.74) is 9.27. The molecule has 0 saturated carbocycles. The van der Waals surface area contributed by atoms with E-state index in [4.69, 9.17) is 5.73 Å². The first-order chi connectivity index (χ1) is 10.3. The van der Waals surface area contributed by atoms with Crippen molar-refractivity contribution in [2.75, 3.05) is 5.73 Å². The van der Waals surface area contributed by atoms with Gasteiger partial charge in [0.1, 0.15) is 11.3 Å². The highest BCUT2D eigenvalue weighted by atomic mass is 19.1. The summed E-state index contributed by atoms with van der Waals surface area (Å²) in [7, 11) is 0. The Morgan fingerprint density at radius 3 is 2.36 bits per heavy atom. The van der Waals surface area contributed by atoms with Gasteiger partial charge in [-0.3, -0.25) is 4.57 Å². The van der Waals surface area contributed by atoms with Crippen molar-refractivity contribution in [3.05, 3.63) is 42.2 Å². The zero-order valence-corrected chi connectivity index (χ0v) is 13.0. The first kappa shape index (κ1) is 14.5. The lowest BCUT2D eigenvalue weighted by atomic mass is 9.97. The van der Waals surface area contributed by atoms with Gasteiger partial charge in [-0.15, -0.1) is 0 Å². The maximum Gasteiger partial charge on any atom is 0.202 e. The van der Waals surface area contributed by atoms with Crippen LogP contribution in [-0.4, -0.2) is 14.5 Å². The van der Waals surface area contributed by atoms with Gasteiger partial charge >= 0.3 is 0 Å². The molecule has 3 rings (SSSR count). The van der Waals surface area contributed by atoms with Gasteiger partial charge in [-0.05, 0) is 41.8 Å². The molecule has 3 aromatic rings. The predicted molar refractivity (Wildman–Crippen MR) is 86.8 cm³/mol. The van der Waals surface area contributed by atoms with Crippen LogP contribution in [0.4, 0.5) is 10.3 Å². The van der Waals surface area contributed by atoms with Gasteiger partial charge in [-0.2, -0.15) is 0 Å². The van der Waals surface area contributed by atoms with Crippen LogP contribution in [0.5, 0.6) is 0 Å². The Balaban J connectivity index is 2.12. The van der Waals surface area contributed by atoms with Gasteiger partial charge in [0, 0.05) is 12.1 Å². The maximum atomic E-state index is 13.1. The van der Waals surface area contributed by atoms with Crippen LogP contribution in [0, 0.1) is 11.2 Å². The van der Waals surface area contributed by atoms with Gasteiger partial charge in [0.15, 0.2) is 5.65 Å². The number of hydrogen-bond acceptors (Lipinski definition) is 3. The number of hydrogen-bond donors (Lipinski definition) is 1. The molecule has 2 N–H and O–H groups in total. The average molecular weight is 298 g/mol. The minimum Gasteiger partial charge on any atom is -0.369 e. The van der Waals surface area contributed by atoms with Crippen molar-refractivity contribution in [2.45, 2.75) is 27.3 Å². The topological polar surface area (TPSA) is 56.7 Å². The van der Waals surface area contributed by atoms with E-state index in [0.29, 0.717) is 5.95 Å². The Hall–Kier alpha value is -2.43. The van der Waals surface area contributed by atoms with E-state index in [1.807, 2.05) is 16.7 Å². The van der Waals surface area contributed by atoms with Crippen LogP contribution in [0.25, 0.3) is 22.4 Å². The number of fused-ring (bicyclic) bond motifs is 1. The van der Waals surface area contributed by atoms with E-state index in [1.54, 1.807) is 12.1 Å². The maximum absolute atomic E-state index is 13.1. The van der Waals surface area contributed by atoms with Gasteiger partial charge in [0.05, 0.1) is 5.69 Å². The summed E-state index contributed by atoms with van der Waals surface area (Å²) in [4.78, 5) is 9.04. The fourth-order valence-electron chi connectivity index (χ4n) is 2.43. The quantitative estimate of drug-likeness (QED) is 0.781. The van der Waals surface area contributed by atoms with E-state index in [0.717, 1.165) is 29.0 Å². The molecule has 0 aliphatic heterocycles. The lowest BCUT2D eigenvalue weighted by Gasteiger charge is -2.19. The summed E-state index contributed by atoms with van der Waals surface area (Å²) in [6, 6.07) is 10.1. The van der Waals surface area contributed by atoms with Crippen molar-refractivity contribution in [1.82, 2.24) is 14.5 Å². The highest BCUT2D eigenvalue weighted by Crippen LogP contribution is 2.26. The summed E-state index contributed by atoms with van der Waals surface area (Å²) < 4.78 is 15.0. The molecule has 0 atom stereocenters. The van der Waals surface area contributed by atoms with E-state index in [-0.39, 0.29) is 11.2 Å². The fourth-order valence-corrected chi connectivity index (χ4v) is 2.43. The van der Waals surface area contributed by atoms with Crippen molar-refractivity contribution in [1.29, 1.82) is 0 Å². The first-order valence-corrected chi connectivity index (χ1v) is 7.22. The monoisotopic (exact) mass is 298 g/mol. The summed E-state index contributed by atoms with van der Waals surface area (Å²) in [5.74, 6) is 0.209. The normalized spacial score (nSPS) is 12.0. The number of nitrogen functional groups attached to an aromatic ring is 1. The van der Waals surface area contributed by atoms with E-state index >= 15 is 0 Å². The summed E-state index contributed by atoms with van der Waals surface area (Å²) >= 11 is 0. The number of anilines is 1. The molecule has 4 nitrogen and oxygen atoms in total. The number of nitrogens with two attached hydrogens (primary N) is 1. The molecule has 0 aliphatic carbocycles. The number of rotatable bonds is 2. The summed E-state index contributed by atoms with van der Waals surface area (Å²) in [6.07, 6.45) is 0. The zero-order chi connectivity index (χ0) is 15.9. The second-order valence-electron chi connectivity index (χ2n) is 6.66. The Morgan fingerprint density at radius 1 is 1.05 bits per heavy atom. The van der Waals surface area contributed by atoms with Crippen molar-refractivity contribution in [3.8, 4) is 11.3 Å². The molecule has 5 heteroatoms. The van der Waals surface area contributed by atoms with E-state index in [2.05, 4.69) is 30.7 Å². The molecule has 0 fully saturated rings. The van der Waals surface area contributed by atoms with Crippen LogP contribution in [0.3, 0.4) is 0 Å². The number of benzene rings is 1. The molecule has 0 radical (unpaired) electrons. The summed E-state index contributed by atoms with van der Waals surface area (Å²) in [5, 5.41) is 0. The molecule has 2 aromatic heterocycles. The molecule has 2 heterocycles. The van der Waals surface area contributed by atoms with Crippen molar-refractivity contribution in [3.63, 3.8) is 0 Å². The molecular weight excluding hydrogens is 279 g/mol. The second kappa shape index (κ2) is 5.09. The highest BCUT2D eigenvalue weighted by molar-refractivity contribution is 5.78. The Kier molecular flexibility index (Phi) is 3.35. The molecule has 1 aromatic carbocycles. The lowest BCUT2D eigenvalue weighted by molar-refractivity contribution is 0.350. The highest BCUT2D eigenvalue weighted by Gasteiger charge is 2.17. The Labute approximate surface area is 128 Å². The smallest absolute Gasteiger partial charge is 0.202 e. The molecule has 0 saturated heterocycles. The number of imidazole rings is 1. The number of pyridine rings is 1.